The third-order valence-corrected chi connectivity index (χ3v) is 2.90. The zero-order valence-corrected chi connectivity index (χ0v) is 11.2. The summed E-state index contributed by atoms with van der Waals surface area (Å²) in [7, 11) is 0. The van der Waals surface area contributed by atoms with Crippen LogP contribution in [0.4, 0.5) is 11.4 Å². The summed E-state index contributed by atoms with van der Waals surface area (Å²) in [5.41, 5.74) is 3.68. The van der Waals surface area contributed by atoms with Crippen LogP contribution in [-0.4, -0.2) is 12.5 Å². The van der Waals surface area contributed by atoms with Gasteiger partial charge in [0.15, 0.2) is 0 Å². The van der Waals surface area contributed by atoms with Crippen LogP contribution >= 0.6 is 0 Å². The van der Waals surface area contributed by atoms with Gasteiger partial charge in [-0.1, -0.05) is 24.3 Å². The van der Waals surface area contributed by atoms with E-state index in [1.54, 1.807) is 12.1 Å². The second kappa shape index (κ2) is 6.05. The summed E-state index contributed by atoms with van der Waals surface area (Å²) in [6.45, 7) is 4.95. The molecule has 1 amide bonds. The molecule has 0 saturated heterocycles. The lowest BCUT2D eigenvalue weighted by Crippen LogP contribution is -2.12. The van der Waals surface area contributed by atoms with Crippen LogP contribution in [0.1, 0.15) is 22.8 Å². The van der Waals surface area contributed by atoms with Crippen molar-refractivity contribution in [3.05, 3.63) is 59.7 Å². The fourth-order valence-electron chi connectivity index (χ4n) is 1.87. The molecule has 0 spiro atoms. The van der Waals surface area contributed by atoms with Crippen LogP contribution in [0, 0.1) is 6.92 Å². The first-order valence-electron chi connectivity index (χ1n) is 6.41. The number of hydrogen-bond acceptors (Lipinski definition) is 2. The molecule has 2 rings (SSSR count). The van der Waals surface area contributed by atoms with Gasteiger partial charge in [-0.3, -0.25) is 4.79 Å². The average molecular weight is 254 g/mol. The van der Waals surface area contributed by atoms with Gasteiger partial charge in [-0.2, -0.15) is 0 Å². The summed E-state index contributed by atoms with van der Waals surface area (Å²) < 4.78 is 0. The van der Waals surface area contributed by atoms with Crippen LogP contribution < -0.4 is 10.6 Å². The smallest absolute Gasteiger partial charge is 0.255 e. The Morgan fingerprint density at radius 3 is 2.53 bits per heavy atom. The SMILES string of the molecule is CCNc1cc(NC(=O)c2ccccc2)ccc1C. The lowest BCUT2D eigenvalue weighted by molar-refractivity contribution is 0.102. The number of carbonyl (C=O) groups is 1. The van der Waals surface area contributed by atoms with Crippen molar-refractivity contribution < 1.29 is 4.79 Å². The summed E-state index contributed by atoms with van der Waals surface area (Å²) >= 11 is 0. The van der Waals surface area contributed by atoms with E-state index in [9.17, 15) is 4.79 Å². The van der Waals surface area contributed by atoms with Crippen LogP contribution in [0.5, 0.6) is 0 Å². The Balaban J connectivity index is 2.15. The Hall–Kier alpha value is -2.29. The van der Waals surface area contributed by atoms with E-state index in [0.29, 0.717) is 5.56 Å². The van der Waals surface area contributed by atoms with E-state index < -0.39 is 0 Å². The second-order valence-corrected chi connectivity index (χ2v) is 4.38. The monoisotopic (exact) mass is 254 g/mol. The highest BCUT2D eigenvalue weighted by Crippen LogP contribution is 2.20. The number of aryl methyl sites for hydroxylation is 1. The lowest BCUT2D eigenvalue weighted by atomic mass is 10.1. The van der Waals surface area contributed by atoms with E-state index in [1.165, 1.54) is 5.56 Å². The molecule has 0 bridgehead atoms. The number of benzene rings is 2. The minimum Gasteiger partial charge on any atom is -0.385 e. The van der Waals surface area contributed by atoms with Crippen molar-refractivity contribution in [1.82, 2.24) is 0 Å². The fourth-order valence-corrected chi connectivity index (χ4v) is 1.87. The molecule has 0 fully saturated rings. The van der Waals surface area contributed by atoms with Crippen molar-refractivity contribution in [1.29, 1.82) is 0 Å². The maximum atomic E-state index is 12.0. The van der Waals surface area contributed by atoms with Crippen molar-refractivity contribution in [3.63, 3.8) is 0 Å². The number of carbonyl (C=O) groups excluding carboxylic acids is 1. The molecule has 0 unspecified atom stereocenters. The Labute approximate surface area is 113 Å². The predicted molar refractivity (Wildman–Crippen MR) is 79.7 cm³/mol. The average Bonchev–Trinajstić information content (AvgIpc) is 2.44. The molecule has 2 N–H and O–H groups in total. The molecule has 0 aromatic heterocycles. The van der Waals surface area contributed by atoms with Gasteiger partial charge in [0.2, 0.25) is 0 Å². The van der Waals surface area contributed by atoms with Gasteiger partial charge in [0, 0.05) is 23.5 Å². The molecule has 3 heteroatoms. The first kappa shape index (κ1) is 13.1. The molecule has 0 radical (unpaired) electrons. The Morgan fingerprint density at radius 2 is 1.84 bits per heavy atom. The molecule has 98 valence electrons. The first-order chi connectivity index (χ1) is 9.20. The number of hydrogen-bond donors (Lipinski definition) is 2. The molecule has 2 aromatic carbocycles. The van der Waals surface area contributed by atoms with Crippen molar-refractivity contribution >= 4 is 17.3 Å². The Morgan fingerprint density at radius 1 is 1.11 bits per heavy atom. The van der Waals surface area contributed by atoms with Gasteiger partial charge < -0.3 is 10.6 Å². The lowest BCUT2D eigenvalue weighted by Gasteiger charge is -2.11. The van der Waals surface area contributed by atoms with Crippen molar-refractivity contribution in [2.45, 2.75) is 13.8 Å². The van der Waals surface area contributed by atoms with Crippen LogP contribution in [0.2, 0.25) is 0 Å². The van der Waals surface area contributed by atoms with E-state index in [0.717, 1.165) is 17.9 Å². The third kappa shape index (κ3) is 3.35. The van der Waals surface area contributed by atoms with Gasteiger partial charge in [-0.05, 0) is 43.7 Å². The molecular formula is C16H18N2O. The molecule has 19 heavy (non-hydrogen) atoms. The summed E-state index contributed by atoms with van der Waals surface area (Å²) in [5, 5.41) is 6.18. The van der Waals surface area contributed by atoms with E-state index in [4.69, 9.17) is 0 Å². The summed E-state index contributed by atoms with van der Waals surface area (Å²) in [6, 6.07) is 15.1. The molecule has 0 aliphatic rings. The zero-order valence-electron chi connectivity index (χ0n) is 11.2. The molecule has 2 aromatic rings. The molecular weight excluding hydrogens is 236 g/mol. The third-order valence-electron chi connectivity index (χ3n) is 2.90. The van der Waals surface area contributed by atoms with Crippen LogP contribution in [-0.2, 0) is 0 Å². The standard InChI is InChI=1S/C16H18N2O/c1-3-17-15-11-14(10-9-12(15)2)18-16(19)13-7-5-4-6-8-13/h4-11,17H,3H2,1-2H3,(H,18,19). The van der Waals surface area contributed by atoms with Crippen molar-refractivity contribution in [2.24, 2.45) is 0 Å². The topological polar surface area (TPSA) is 41.1 Å². The predicted octanol–water partition coefficient (Wildman–Crippen LogP) is 3.68. The Kier molecular flexibility index (Phi) is 4.18. The molecule has 0 heterocycles. The van der Waals surface area contributed by atoms with Crippen molar-refractivity contribution in [3.8, 4) is 0 Å². The van der Waals surface area contributed by atoms with Gasteiger partial charge in [0.25, 0.3) is 5.91 Å². The minimum atomic E-state index is -0.0908. The molecule has 3 nitrogen and oxygen atoms in total. The first-order valence-corrected chi connectivity index (χ1v) is 6.41. The number of nitrogens with one attached hydrogen (secondary N) is 2. The molecule has 0 atom stereocenters. The number of anilines is 2. The summed E-state index contributed by atoms with van der Waals surface area (Å²) in [6.07, 6.45) is 0. The number of rotatable bonds is 4. The maximum absolute atomic E-state index is 12.0. The quantitative estimate of drug-likeness (QED) is 0.873. The largest absolute Gasteiger partial charge is 0.385 e. The number of amides is 1. The van der Waals surface area contributed by atoms with Gasteiger partial charge in [-0.25, -0.2) is 0 Å². The van der Waals surface area contributed by atoms with Gasteiger partial charge in [0.05, 0.1) is 0 Å². The highest BCUT2D eigenvalue weighted by molar-refractivity contribution is 6.04. The van der Waals surface area contributed by atoms with Gasteiger partial charge in [-0.15, -0.1) is 0 Å². The normalized spacial score (nSPS) is 10.0. The van der Waals surface area contributed by atoms with Gasteiger partial charge >= 0.3 is 0 Å². The Bertz CT molecular complexity index is 564. The van der Waals surface area contributed by atoms with Crippen LogP contribution in [0.3, 0.4) is 0 Å². The summed E-state index contributed by atoms with van der Waals surface area (Å²) in [5.74, 6) is -0.0908. The molecule has 0 aliphatic heterocycles. The highest BCUT2D eigenvalue weighted by atomic mass is 16.1. The van der Waals surface area contributed by atoms with Crippen LogP contribution in [0.15, 0.2) is 48.5 Å². The maximum Gasteiger partial charge on any atom is 0.255 e. The minimum absolute atomic E-state index is 0.0908. The van der Waals surface area contributed by atoms with E-state index >= 15 is 0 Å². The van der Waals surface area contributed by atoms with E-state index in [2.05, 4.69) is 17.6 Å². The van der Waals surface area contributed by atoms with Crippen molar-refractivity contribution in [2.75, 3.05) is 17.2 Å². The van der Waals surface area contributed by atoms with E-state index in [-0.39, 0.29) is 5.91 Å². The highest BCUT2D eigenvalue weighted by Gasteiger charge is 2.06. The van der Waals surface area contributed by atoms with Crippen LogP contribution in [0.25, 0.3) is 0 Å². The zero-order chi connectivity index (χ0) is 13.7. The fraction of sp³-hybridized carbons (Fsp3) is 0.188. The summed E-state index contributed by atoms with van der Waals surface area (Å²) in [4.78, 5) is 12.0. The molecule has 0 saturated carbocycles. The van der Waals surface area contributed by atoms with E-state index in [1.807, 2.05) is 43.3 Å². The van der Waals surface area contributed by atoms with Gasteiger partial charge in [0.1, 0.15) is 0 Å². The second-order valence-electron chi connectivity index (χ2n) is 4.38. The molecule has 0 aliphatic carbocycles.